The number of nitrogens with one attached hydrogen (secondary N) is 2. The Labute approximate surface area is 149 Å². The molecular weight excluding hydrogens is 310 g/mol. The van der Waals surface area contributed by atoms with Crippen LogP contribution in [0.1, 0.15) is 31.9 Å². The van der Waals surface area contributed by atoms with Crippen molar-refractivity contribution in [1.29, 1.82) is 5.26 Å². The summed E-state index contributed by atoms with van der Waals surface area (Å²) in [4.78, 5) is 12.3. The third-order valence-corrected chi connectivity index (χ3v) is 3.89. The van der Waals surface area contributed by atoms with E-state index in [1.807, 2.05) is 55.5 Å². The topological polar surface area (TPSA) is 64.9 Å². The highest BCUT2D eigenvalue weighted by Gasteiger charge is 2.13. The van der Waals surface area contributed by atoms with Gasteiger partial charge in [-0.25, -0.2) is 0 Å². The number of hydrogen-bond acceptors (Lipinski definition) is 3. The largest absolute Gasteiger partial charge is 0.360 e. The fraction of sp³-hybridized carbons (Fsp3) is 0.238. The molecule has 2 aromatic carbocycles. The van der Waals surface area contributed by atoms with E-state index >= 15 is 0 Å². The summed E-state index contributed by atoms with van der Waals surface area (Å²) >= 11 is 0. The Bertz CT molecular complexity index is 821. The summed E-state index contributed by atoms with van der Waals surface area (Å²) in [6, 6.07) is 17.3. The first-order chi connectivity index (χ1) is 11.8. The van der Waals surface area contributed by atoms with E-state index < -0.39 is 5.91 Å². The molecule has 0 unspecified atom stereocenters. The van der Waals surface area contributed by atoms with E-state index in [0.717, 1.165) is 11.3 Å². The van der Waals surface area contributed by atoms with Crippen LogP contribution in [0.25, 0.3) is 0 Å². The summed E-state index contributed by atoms with van der Waals surface area (Å²) in [6.45, 7) is 8.36. The summed E-state index contributed by atoms with van der Waals surface area (Å²) in [5.41, 5.74) is 3.79. The molecule has 0 fully saturated rings. The Hall–Kier alpha value is -3.06. The molecule has 0 aromatic heterocycles. The van der Waals surface area contributed by atoms with Gasteiger partial charge in [0.05, 0.1) is 0 Å². The van der Waals surface area contributed by atoms with Gasteiger partial charge in [0.1, 0.15) is 11.6 Å². The van der Waals surface area contributed by atoms with E-state index in [-0.39, 0.29) is 11.0 Å². The van der Waals surface area contributed by atoms with Crippen LogP contribution in [0, 0.1) is 18.3 Å². The van der Waals surface area contributed by atoms with Crippen LogP contribution in [0.5, 0.6) is 0 Å². The van der Waals surface area contributed by atoms with Crippen molar-refractivity contribution < 1.29 is 4.79 Å². The molecule has 0 aliphatic heterocycles. The Balaban J connectivity index is 2.09. The first kappa shape index (κ1) is 18.3. The molecule has 128 valence electrons. The molecule has 0 bridgehead atoms. The van der Waals surface area contributed by atoms with Gasteiger partial charge in [-0.2, -0.15) is 5.26 Å². The van der Waals surface area contributed by atoms with Gasteiger partial charge >= 0.3 is 0 Å². The lowest BCUT2D eigenvalue weighted by Crippen LogP contribution is -2.15. The average Bonchev–Trinajstić information content (AvgIpc) is 2.57. The maximum absolute atomic E-state index is 12.3. The molecule has 1 amide bonds. The number of carbonyl (C=O) groups is 1. The molecule has 0 radical (unpaired) electrons. The average molecular weight is 333 g/mol. The molecular formula is C21H23N3O. The highest BCUT2D eigenvalue weighted by Crippen LogP contribution is 2.23. The number of hydrogen-bond donors (Lipinski definition) is 2. The van der Waals surface area contributed by atoms with Gasteiger partial charge in [-0.3, -0.25) is 4.79 Å². The Morgan fingerprint density at radius 1 is 1.08 bits per heavy atom. The minimum atomic E-state index is -0.435. The smallest absolute Gasteiger partial charge is 0.267 e. The quantitative estimate of drug-likeness (QED) is 0.627. The molecule has 4 heteroatoms. The second-order valence-corrected chi connectivity index (χ2v) is 6.91. The number of nitriles is 1. The monoisotopic (exact) mass is 333 g/mol. The zero-order valence-electron chi connectivity index (χ0n) is 15.1. The van der Waals surface area contributed by atoms with Crippen LogP contribution in [-0.2, 0) is 10.2 Å². The SMILES string of the molecule is Cc1ccccc1NC(=O)/C(C#N)=C\Nc1ccc(C(C)(C)C)cc1. The lowest BCUT2D eigenvalue weighted by Gasteiger charge is -2.19. The third kappa shape index (κ3) is 4.95. The number of anilines is 2. The van der Waals surface area contributed by atoms with Crippen molar-refractivity contribution >= 4 is 17.3 Å². The third-order valence-electron chi connectivity index (χ3n) is 3.89. The first-order valence-electron chi connectivity index (χ1n) is 8.15. The van der Waals surface area contributed by atoms with Crippen molar-refractivity contribution in [2.75, 3.05) is 10.6 Å². The molecule has 0 heterocycles. The molecule has 4 nitrogen and oxygen atoms in total. The zero-order valence-corrected chi connectivity index (χ0v) is 15.1. The summed E-state index contributed by atoms with van der Waals surface area (Å²) in [5.74, 6) is -0.435. The molecule has 0 atom stereocenters. The number of aryl methyl sites for hydroxylation is 1. The molecule has 2 aromatic rings. The second kappa shape index (κ2) is 7.67. The molecule has 0 saturated carbocycles. The molecule has 0 saturated heterocycles. The molecule has 0 aliphatic rings. The van der Waals surface area contributed by atoms with Gasteiger partial charge < -0.3 is 10.6 Å². The van der Waals surface area contributed by atoms with Crippen LogP contribution in [0.2, 0.25) is 0 Å². The Morgan fingerprint density at radius 2 is 1.72 bits per heavy atom. The van der Waals surface area contributed by atoms with Gasteiger partial charge in [-0.05, 0) is 41.7 Å². The predicted molar refractivity (Wildman–Crippen MR) is 102 cm³/mol. The molecule has 2 rings (SSSR count). The van der Waals surface area contributed by atoms with E-state index in [2.05, 4.69) is 31.4 Å². The van der Waals surface area contributed by atoms with Crippen molar-refractivity contribution in [3.8, 4) is 6.07 Å². The highest BCUT2D eigenvalue weighted by atomic mass is 16.1. The van der Waals surface area contributed by atoms with Gasteiger partial charge in [-0.15, -0.1) is 0 Å². The maximum Gasteiger partial charge on any atom is 0.267 e. The normalized spacial score (nSPS) is 11.6. The summed E-state index contributed by atoms with van der Waals surface area (Å²) in [6.07, 6.45) is 1.43. The van der Waals surface area contributed by atoms with Gasteiger partial charge in [0, 0.05) is 17.6 Å². The van der Waals surface area contributed by atoms with E-state index in [4.69, 9.17) is 0 Å². The van der Waals surface area contributed by atoms with E-state index in [9.17, 15) is 10.1 Å². The summed E-state index contributed by atoms with van der Waals surface area (Å²) in [7, 11) is 0. The van der Waals surface area contributed by atoms with Gasteiger partial charge in [-0.1, -0.05) is 51.1 Å². The van der Waals surface area contributed by atoms with E-state index in [1.54, 1.807) is 6.07 Å². The fourth-order valence-corrected chi connectivity index (χ4v) is 2.27. The Kier molecular flexibility index (Phi) is 5.61. The molecule has 0 spiro atoms. The van der Waals surface area contributed by atoms with Gasteiger partial charge in [0.15, 0.2) is 0 Å². The van der Waals surface area contributed by atoms with Crippen LogP contribution in [-0.4, -0.2) is 5.91 Å². The second-order valence-electron chi connectivity index (χ2n) is 6.91. The Morgan fingerprint density at radius 3 is 2.28 bits per heavy atom. The first-order valence-corrected chi connectivity index (χ1v) is 8.15. The summed E-state index contributed by atoms with van der Waals surface area (Å²) < 4.78 is 0. The van der Waals surface area contributed by atoms with Gasteiger partial charge in [0.2, 0.25) is 0 Å². The number of para-hydroxylation sites is 1. The van der Waals surface area contributed by atoms with Crippen molar-refractivity contribution in [3.05, 3.63) is 71.4 Å². The number of rotatable bonds is 4. The van der Waals surface area contributed by atoms with Gasteiger partial charge in [0.25, 0.3) is 5.91 Å². The van der Waals surface area contributed by atoms with Crippen LogP contribution in [0.4, 0.5) is 11.4 Å². The lowest BCUT2D eigenvalue weighted by molar-refractivity contribution is -0.112. The highest BCUT2D eigenvalue weighted by molar-refractivity contribution is 6.07. The predicted octanol–water partition coefficient (Wildman–Crippen LogP) is 4.75. The van der Waals surface area contributed by atoms with Crippen molar-refractivity contribution in [1.82, 2.24) is 0 Å². The number of benzene rings is 2. The maximum atomic E-state index is 12.3. The van der Waals surface area contributed by atoms with Crippen molar-refractivity contribution in [2.24, 2.45) is 0 Å². The molecule has 2 N–H and O–H groups in total. The zero-order chi connectivity index (χ0) is 18.4. The van der Waals surface area contributed by atoms with Crippen molar-refractivity contribution in [3.63, 3.8) is 0 Å². The summed E-state index contributed by atoms with van der Waals surface area (Å²) in [5, 5.41) is 15.0. The minimum Gasteiger partial charge on any atom is -0.360 e. The number of carbonyl (C=O) groups excluding carboxylic acids is 1. The molecule has 25 heavy (non-hydrogen) atoms. The standard InChI is InChI=1S/C21H23N3O/c1-15-7-5-6-8-19(15)24-20(25)16(13-22)14-23-18-11-9-17(10-12-18)21(2,3)4/h5-12,14,23H,1-4H3,(H,24,25)/b16-14-. The molecule has 0 aliphatic carbocycles. The van der Waals surface area contributed by atoms with Crippen LogP contribution >= 0.6 is 0 Å². The minimum absolute atomic E-state index is 0.0168. The van der Waals surface area contributed by atoms with Crippen LogP contribution < -0.4 is 10.6 Å². The fourth-order valence-electron chi connectivity index (χ4n) is 2.27. The van der Waals surface area contributed by atoms with E-state index in [1.165, 1.54) is 11.8 Å². The number of nitrogens with zero attached hydrogens (tertiary/aromatic N) is 1. The van der Waals surface area contributed by atoms with Crippen LogP contribution in [0.3, 0.4) is 0 Å². The van der Waals surface area contributed by atoms with E-state index in [0.29, 0.717) is 5.69 Å². The number of amides is 1. The van der Waals surface area contributed by atoms with Crippen LogP contribution in [0.15, 0.2) is 60.3 Å². The van der Waals surface area contributed by atoms with Crippen molar-refractivity contribution in [2.45, 2.75) is 33.1 Å². The lowest BCUT2D eigenvalue weighted by atomic mass is 9.87.